The van der Waals surface area contributed by atoms with Crippen molar-refractivity contribution in [3.05, 3.63) is 83.9 Å². The molecular formula is C27H26F3N3O5S. The molecule has 12 heteroatoms. The van der Waals surface area contributed by atoms with E-state index < -0.39 is 38.8 Å². The first kappa shape index (κ1) is 28.1. The lowest BCUT2D eigenvalue weighted by molar-refractivity contribution is -0.139. The standard InChI is InChI=1S/C27H26F3N3O5S/c1-38-26(35)31-21-10-7-19(8-11-21)25(34)33-15-13-22(14-16-33)32-39(36,37)24-12-9-20(17-23(24)27(28,29)30)18-5-3-2-4-6-18/h2-12,17,22,32H,13-16H2,1H3,(H,31,35). The van der Waals surface area contributed by atoms with Gasteiger partial charge in [0.1, 0.15) is 0 Å². The van der Waals surface area contributed by atoms with Crippen molar-refractivity contribution in [3.63, 3.8) is 0 Å². The summed E-state index contributed by atoms with van der Waals surface area (Å²) in [6, 6.07) is 17.1. The van der Waals surface area contributed by atoms with Gasteiger partial charge in [0.15, 0.2) is 0 Å². The molecule has 206 valence electrons. The van der Waals surface area contributed by atoms with Crippen LogP contribution in [0.3, 0.4) is 0 Å². The molecule has 0 aliphatic carbocycles. The molecule has 2 N–H and O–H groups in total. The van der Waals surface area contributed by atoms with Gasteiger partial charge in [-0.05, 0) is 60.4 Å². The molecule has 1 aliphatic heterocycles. The summed E-state index contributed by atoms with van der Waals surface area (Å²) in [5.41, 5.74) is 0.363. The van der Waals surface area contributed by atoms with E-state index in [2.05, 4.69) is 14.8 Å². The molecule has 0 unspecified atom stereocenters. The van der Waals surface area contributed by atoms with Crippen LogP contribution < -0.4 is 10.0 Å². The van der Waals surface area contributed by atoms with E-state index in [1.54, 1.807) is 59.5 Å². The lowest BCUT2D eigenvalue weighted by Crippen LogP contribution is -2.46. The Kier molecular flexibility index (Phi) is 8.26. The van der Waals surface area contributed by atoms with Crippen LogP contribution in [0.1, 0.15) is 28.8 Å². The van der Waals surface area contributed by atoms with Crippen LogP contribution in [0, 0.1) is 0 Å². The highest BCUT2D eigenvalue weighted by Crippen LogP contribution is 2.37. The fraction of sp³-hybridized carbons (Fsp3) is 0.259. The smallest absolute Gasteiger partial charge is 0.417 e. The molecule has 4 rings (SSSR count). The predicted octanol–water partition coefficient (Wildman–Crippen LogP) is 5.13. The second-order valence-electron chi connectivity index (χ2n) is 8.96. The number of likely N-dealkylation sites (tertiary alicyclic amines) is 1. The van der Waals surface area contributed by atoms with Gasteiger partial charge in [-0.15, -0.1) is 0 Å². The quantitative estimate of drug-likeness (QED) is 0.434. The molecule has 0 bridgehead atoms. The van der Waals surface area contributed by atoms with Gasteiger partial charge in [0.05, 0.1) is 17.6 Å². The van der Waals surface area contributed by atoms with Gasteiger partial charge >= 0.3 is 12.3 Å². The van der Waals surface area contributed by atoms with Gasteiger partial charge in [0.25, 0.3) is 5.91 Å². The summed E-state index contributed by atoms with van der Waals surface area (Å²) in [4.78, 5) is 24.9. The molecule has 0 aromatic heterocycles. The second kappa shape index (κ2) is 11.5. The summed E-state index contributed by atoms with van der Waals surface area (Å²) in [7, 11) is -3.27. The van der Waals surface area contributed by atoms with Crippen molar-refractivity contribution in [2.75, 3.05) is 25.5 Å². The first-order valence-corrected chi connectivity index (χ1v) is 13.5. The highest BCUT2D eigenvalue weighted by molar-refractivity contribution is 7.89. The number of hydrogen-bond donors (Lipinski definition) is 2. The van der Waals surface area contributed by atoms with E-state index in [0.29, 0.717) is 16.8 Å². The molecule has 1 heterocycles. The number of amides is 2. The molecular weight excluding hydrogens is 535 g/mol. The second-order valence-corrected chi connectivity index (χ2v) is 10.6. The van der Waals surface area contributed by atoms with Gasteiger partial charge in [-0.1, -0.05) is 36.4 Å². The lowest BCUT2D eigenvalue weighted by Gasteiger charge is -2.32. The third-order valence-electron chi connectivity index (χ3n) is 6.35. The predicted molar refractivity (Wildman–Crippen MR) is 139 cm³/mol. The average molecular weight is 562 g/mol. The minimum atomic E-state index is -4.88. The lowest BCUT2D eigenvalue weighted by atomic mass is 10.0. The van der Waals surface area contributed by atoms with Crippen molar-refractivity contribution >= 4 is 27.7 Å². The number of benzene rings is 3. The number of hydrogen-bond acceptors (Lipinski definition) is 5. The van der Waals surface area contributed by atoms with E-state index in [1.165, 1.54) is 13.2 Å². The summed E-state index contributed by atoms with van der Waals surface area (Å²) in [6.45, 7) is 0.431. The number of carbonyl (C=O) groups excluding carboxylic acids is 2. The number of alkyl halides is 3. The van der Waals surface area contributed by atoms with E-state index in [-0.39, 0.29) is 37.4 Å². The zero-order valence-corrected chi connectivity index (χ0v) is 21.7. The van der Waals surface area contributed by atoms with E-state index in [9.17, 15) is 31.2 Å². The highest BCUT2D eigenvalue weighted by Gasteiger charge is 2.38. The molecule has 1 fully saturated rings. The molecule has 1 aliphatic rings. The van der Waals surface area contributed by atoms with Gasteiger partial charge in [0.2, 0.25) is 10.0 Å². The maximum atomic E-state index is 13.9. The highest BCUT2D eigenvalue weighted by atomic mass is 32.2. The Labute approximate surface area is 223 Å². The number of nitrogens with one attached hydrogen (secondary N) is 2. The van der Waals surface area contributed by atoms with Crippen LogP contribution in [0.15, 0.2) is 77.7 Å². The number of methoxy groups -OCH3 is 1. The third-order valence-corrected chi connectivity index (χ3v) is 7.93. The largest absolute Gasteiger partial charge is 0.453 e. The molecule has 0 radical (unpaired) electrons. The number of piperidine rings is 1. The van der Waals surface area contributed by atoms with Gasteiger partial charge in [0, 0.05) is 30.4 Å². The first-order valence-electron chi connectivity index (χ1n) is 12.0. The van der Waals surface area contributed by atoms with Crippen molar-refractivity contribution in [2.45, 2.75) is 30.0 Å². The normalized spacial score (nSPS) is 14.6. The number of anilines is 1. The van der Waals surface area contributed by atoms with E-state index in [4.69, 9.17) is 0 Å². The van der Waals surface area contributed by atoms with Crippen molar-refractivity contribution in [1.82, 2.24) is 9.62 Å². The van der Waals surface area contributed by atoms with E-state index >= 15 is 0 Å². The Bertz CT molecular complexity index is 1440. The Morgan fingerprint density at radius 1 is 0.923 bits per heavy atom. The number of nitrogens with zero attached hydrogens (tertiary/aromatic N) is 1. The van der Waals surface area contributed by atoms with Crippen LogP contribution in [0.4, 0.5) is 23.7 Å². The van der Waals surface area contributed by atoms with Crippen molar-refractivity contribution < 1.29 is 35.9 Å². The summed E-state index contributed by atoms with van der Waals surface area (Å²) in [5.74, 6) is -0.281. The molecule has 8 nitrogen and oxygen atoms in total. The van der Waals surface area contributed by atoms with Crippen molar-refractivity contribution in [2.24, 2.45) is 0 Å². The summed E-state index contributed by atoms with van der Waals surface area (Å²) in [6.07, 6.45) is -5.06. The van der Waals surface area contributed by atoms with Crippen molar-refractivity contribution in [3.8, 4) is 11.1 Å². The molecule has 3 aromatic rings. The minimum Gasteiger partial charge on any atom is -0.453 e. The molecule has 0 atom stereocenters. The van der Waals surface area contributed by atoms with Crippen LogP contribution >= 0.6 is 0 Å². The number of halogens is 3. The molecule has 0 saturated carbocycles. The zero-order chi connectivity index (χ0) is 28.2. The Balaban J connectivity index is 1.43. The Morgan fingerprint density at radius 3 is 2.15 bits per heavy atom. The SMILES string of the molecule is COC(=O)Nc1ccc(C(=O)N2CCC(NS(=O)(=O)c3ccc(-c4ccccc4)cc3C(F)(F)F)CC2)cc1. The van der Waals surface area contributed by atoms with Crippen LogP contribution in [0.5, 0.6) is 0 Å². The van der Waals surface area contributed by atoms with Crippen molar-refractivity contribution in [1.29, 1.82) is 0 Å². The van der Waals surface area contributed by atoms with Gasteiger partial charge in [-0.2, -0.15) is 13.2 Å². The average Bonchev–Trinajstić information content (AvgIpc) is 2.93. The van der Waals surface area contributed by atoms with Crippen LogP contribution in [0.25, 0.3) is 11.1 Å². The van der Waals surface area contributed by atoms with Gasteiger partial charge < -0.3 is 9.64 Å². The van der Waals surface area contributed by atoms with E-state index in [1.807, 2.05) is 0 Å². The fourth-order valence-corrected chi connectivity index (χ4v) is 5.84. The maximum absolute atomic E-state index is 13.9. The molecule has 39 heavy (non-hydrogen) atoms. The number of carbonyl (C=O) groups is 2. The topological polar surface area (TPSA) is 105 Å². The zero-order valence-electron chi connectivity index (χ0n) is 20.9. The Hall–Kier alpha value is -3.90. The van der Waals surface area contributed by atoms with Crippen LogP contribution in [-0.4, -0.2) is 51.6 Å². The van der Waals surface area contributed by atoms with Gasteiger partial charge in [-0.25, -0.2) is 17.9 Å². The minimum absolute atomic E-state index is 0.216. The van der Waals surface area contributed by atoms with E-state index in [0.717, 1.165) is 12.1 Å². The Morgan fingerprint density at radius 2 is 1.56 bits per heavy atom. The van der Waals surface area contributed by atoms with Crippen LogP contribution in [-0.2, 0) is 20.9 Å². The summed E-state index contributed by atoms with van der Waals surface area (Å²) < 4.78 is 74.7. The summed E-state index contributed by atoms with van der Waals surface area (Å²) >= 11 is 0. The fourth-order valence-electron chi connectivity index (χ4n) is 4.33. The third kappa shape index (κ3) is 6.76. The first-order chi connectivity index (χ1) is 18.5. The molecule has 1 saturated heterocycles. The monoisotopic (exact) mass is 561 g/mol. The number of sulfonamides is 1. The van der Waals surface area contributed by atoms with Crippen LogP contribution in [0.2, 0.25) is 0 Å². The molecule has 3 aromatic carbocycles. The molecule has 2 amide bonds. The maximum Gasteiger partial charge on any atom is 0.417 e. The molecule has 0 spiro atoms. The van der Waals surface area contributed by atoms with Gasteiger partial charge in [-0.3, -0.25) is 10.1 Å². The summed E-state index contributed by atoms with van der Waals surface area (Å²) in [5, 5.41) is 2.48. The number of rotatable bonds is 6. The number of ether oxygens (including phenoxy) is 1.